The monoisotopic (exact) mass is 503 g/mol. The Hall–Kier alpha value is -1.16. The molecule has 35 heavy (non-hydrogen) atoms. The Balaban J connectivity index is 1.73. The van der Waals surface area contributed by atoms with Gasteiger partial charge in [-0.15, -0.1) is 0 Å². The highest BCUT2D eigenvalue weighted by atomic mass is 32.1. The van der Waals surface area contributed by atoms with Crippen molar-refractivity contribution in [2.75, 3.05) is 0 Å². The van der Waals surface area contributed by atoms with Gasteiger partial charge in [-0.1, -0.05) is 104 Å². The van der Waals surface area contributed by atoms with E-state index in [9.17, 15) is 4.79 Å². The van der Waals surface area contributed by atoms with E-state index in [1.807, 2.05) is 0 Å². The molecule has 1 aliphatic carbocycles. The molecule has 0 amide bonds. The van der Waals surface area contributed by atoms with Crippen molar-refractivity contribution in [3.8, 4) is 0 Å². The van der Waals surface area contributed by atoms with Crippen LogP contribution < -0.4 is 0 Å². The summed E-state index contributed by atoms with van der Waals surface area (Å²) < 4.78 is 10.8. The normalized spacial score (nSPS) is 18.9. The van der Waals surface area contributed by atoms with Crippen molar-refractivity contribution >= 4 is 23.1 Å². The molecule has 1 heterocycles. The molecule has 0 bridgehead atoms. The van der Waals surface area contributed by atoms with Crippen LogP contribution in [0.3, 0.4) is 0 Å². The number of carbonyl (C=O) groups is 1. The van der Waals surface area contributed by atoms with Gasteiger partial charge in [0, 0.05) is 17.2 Å². The lowest BCUT2D eigenvalue weighted by Crippen LogP contribution is -2.35. The maximum Gasteiger partial charge on any atom is 0.306 e. The van der Waals surface area contributed by atoms with Crippen molar-refractivity contribution in [1.29, 1.82) is 0 Å². The average Bonchev–Trinajstić information content (AvgIpc) is 3.31. The summed E-state index contributed by atoms with van der Waals surface area (Å²) >= 11 is 1.59. The van der Waals surface area contributed by atoms with Gasteiger partial charge >= 0.3 is 5.97 Å². The first-order chi connectivity index (χ1) is 17.0. The quantitative estimate of drug-likeness (QED) is 0.139. The van der Waals surface area contributed by atoms with Crippen LogP contribution in [-0.2, 0) is 16.0 Å². The highest BCUT2D eigenvalue weighted by Gasteiger charge is 2.37. The molecule has 1 aromatic rings. The lowest BCUT2D eigenvalue weighted by atomic mass is 9.71. The second kappa shape index (κ2) is 17.3. The van der Waals surface area contributed by atoms with Crippen LogP contribution in [0.2, 0.25) is 0 Å². The molecule has 0 N–H and O–H groups in total. The number of unbranched alkanes of at least 4 members (excludes halogenated alkanes) is 12. The fourth-order valence-electron chi connectivity index (χ4n) is 5.30. The second-order valence-corrected chi connectivity index (χ2v) is 11.8. The molecule has 2 atom stereocenters. The smallest absolute Gasteiger partial charge is 0.306 e. The van der Waals surface area contributed by atoms with E-state index in [0.29, 0.717) is 6.42 Å². The number of aromatic nitrogens is 1. The molecule has 0 fully saturated rings. The molecule has 2 unspecified atom stereocenters. The third-order valence-corrected chi connectivity index (χ3v) is 8.65. The SMILES string of the molecule is CCCCCCCCCCCC(=O)OC(C)C1(C)CCC=C(c2nscc2CCCCCCC)C1. The minimum absolute atomic E-state index is 0.0136. The van der Waals surface area contributed by atoms with Crippen molar-refractivity contribution in [1.82, 2.24) is 4.37 Å². The Morgan fingerprint density at radius 3 is 2.23 bits per heavy atom. The number of ether oxygens (including phenoxy) is 1. The van der Waals surface area contributed by atoms with Gasteiger partial charge in [-0.25, -0.2) is 0 Å². The molecule has 0 aliphatic heterocycles. The van der Waals surface area contributed by atoms with E-state index >= 15 is 0 Å². The first-order valence-electron chi connectivity index (χ1n) is 14.8. The molecule has 1 aliphatic rings. The van der Waals surface area contributed by atoms with Crippen LogP contribution >= 0.6 is 11.5 Å². The molecule has 1 aromatic heterocycles. The topological polar surface area (TPSA) is 39.2 Å². The standard InChI is InChI=1S/C31H53NO2S/c1-5-7-9-11-12-13-14-16-18-22-29(33)34-26(3)31(4)23-19-21-27(24-31)30-28(25-35-32-30)20-17-15-10-8-6-2/h21,25-26H,5-20,22-24H2,1-4H3. The summed E-state index contributed by atoms with van der Waals surface area (Å²) in [4.78, 5) is 12.6. The van der Waals surface area contributed by atoms with Crippen molar-refractivity contribution in [2.24, 2.45) is 5.41 Å². The first-order valence-corrected chi connectivity index (χ1v) is 15.7. The van der Waals surface area contributed by atoms with Crippen LogP contribution in [-0.4, -0.2) is 16.4 Å². The van der Waals surface area contributed by atoms with Crippen LogP contribution in [0.25, 0.3) is 5.57 Å². The number of rotatable bonds is 19. The number of hydrogen-bond acceptors (Lipinski definition) is 4. The lowest BCUT2D eigenvalue weighted by Gasteiger charge is -2.38. The summed E-state index contributed by atoms with van der Waals surface area (Å²) in [5.41, 5.74) is 3.98. The Morgan fingerprint density at radius 2 is 1.57 bits per heavy atom. The Morgan fingerprint density at radius 1 is 0.971 bits per heavy atom. The third-order valence-electron chi connectivity index (χ3n) is 7.97. The van der Waals surface area contributed by atoms with Crippen LogP contribution in [0.1, 0.15) is 155 Å². The van der Waals surface area contributed by atoms with Gasteiger partial charge in [0.05, 0.1) is 5.69 Å². The van der Waals surface area contributed by atoms with Gasteiger partial charge in [0.25, 0.3) is 0 Å². The number of aryl methyl sites for hydroxylation is 1. The van der Waals surface area contributed by atoms with Crippen molar-refractivity contribution in [3.05, 3.63) is 22.7 Å². The molecular formula is C31H53NO2S. The Labute approximate surface area is 220 Å². The molecule has 3 nitrogen and oxygen atoms in total. The number of nitrogens with zero attached hydrogens (tertiary/aromatic N) is 1. The summed E-state index contributed by atoms with van der Waals surface area (Å²) in [6.45, 7) is 8.93. The molecule has 0 saturated heterocycles. The van der Waals surface area contributed by atoms with Gasteiger partial charge in [0.1, 0.15) is 6.10 Å². The van der Waals surface area contributed by atoms with E-state index < -0.39 is 0 Å². The maximum atomic E-state index is 12.6. The van der Waals surface area contributed by atoms with E-state index in [2.05, 4.69) is 39.2 Å². The van der Waals surface area contributed by atoms with Crippen LogP contribution in [0.15, 0.2) is 11.5 Å². The minimum Gasteiger partial charge on any atom is -0.462 e. The molecule has 0 spiro atoms. The van der Waals surface area contributed by atoms with Crippen molar-refractivity contribution in [3.63, 3.8) is 0 Å². The van der Waals surface area contributed by atoms with E-state index in [4.69, 9.17) is 9.11 Å². The fourth-order valence-corrected chi connectivity index (χ4v) is 6.05. The van der Waals surface area contributed by atoms with Gasteiger partial charge < -0.3 is 4.74 Å². The van der Waals surface area contributed by atoms with Gasteiger partial charge in [-0.2, -0.15) is 4.37 Å². The molecule has 200 valence electrons. The van der Waals surface area contributed by atoms with Gasteiger partial charge in [0.15, 0.2) is 0 Å². The highest BCUT2D eigenvalue weighted by Crippen LogP contribution is 2.44. The molecule has 2 rings (SSSR count). The number of hydrogen-bond donors (Lipinski definition) is 0. The second-order valence-electron chi connectivity index (χ2n) is 11.2. The van der Waals surface area contributed by atoms with Gasteiger partial charge in [-0.05, 0) is 68.1 Å². The Bertz CT molecular complexity index is 740. The van der Waals surface area contributed by atoms with Crippen LogP contribution in [0.4, 0.5) is 0 Å². The zero-order chi connectivity index (χ0) is 25.4. The number of allylic oxidation sites excluding steroid dienone is 2. The van der Waals surface area contributed by atoms with Crippen LogP contribution in [0, 0.1) is 5.41 Å². The predicted octanol–water partition coefficient (Wildman–Crippen LogP) is 10.1. The van der Waals surface area contributed by atoms with Crippen molar-refractivity contribution in [2.45, 2.75) is 156 Å². The summed E-state index contributed by atoms with van der Waals surface area (Å²) in [5, 5.41) is 2.25. The summed E-state index contributed by atoms with van der Waals surface area (Å²) in [6.07, 6.45) is 25.0. The summed E-state index contributed by atoms with van der Waals surface area (Å²) in [7, 11) is 0. The molecular weight excluding hydrogens is 450 g/mol. The van der Waals surface area contributed by atoms with E-state index in [-0.39, 0.29) is 17.5 Å². The number of carbonyl (C=O) groups excluding carboxylic acids is 1. The third kappa shape index (κ3) is 11.2. The number of esters is 1. The van der Waals surface area contributed by atoms with Gasteiger partial charge in [-0.3, -0.25) is 4.79 Å². The maximum absolute atomic E-state index is 12.6. The summed E-state index contributed by atoms with van der Waals surface area (Å²) in [5.74, 6) is -0.0146. The zero-order valence-corrected chi connectivity index (χ0v) is 24.2. The summed E-state index contributed by atoms with van der Waals surface area (Å²) in [6, 6.07) is 0. The zero-order valence-electron chi connectivity index (χ0n) is 23.3. The first kappa shape index (κ1) is 30.1. The highest BCUT2D eigenvalue weighted by molar-refractivity contribution is 7.03. The predicted molar refractivity (Wildman–Crippen MR) is 152 cm³/mol. The molecule has 0 aromatic carbocycles. The van der Waals surface area contributed by atoms with Crippen molar-refractivity contribution < 1.29 is 9.53 Å². The van der Waals surface area contributed by atoms with Gasteiger partial charge in [0.2, 0.25) is 0 Å². The average molecular weight is 504 g/mol. The fraction of sp³-hybridized carbons (Fsp3) is 0.806. The largest absolute Gasteiger partial charge is 0.462 e. The lowest BCUT2D eigenvalue weighted by molar-refractivity contribution is -0.154. The van der Waals surface area contributed by atoms with E-state index in [0.717, 1.165) is 38.5 Å². The van der Waals surface area contributed by atoms with E-state index in [1.165, 1.54) is 93.9 Å². The Kier molecular flexibility index (Phi) is 14.9. The van der Waals surface area contributed by atoms with E-state index in [1.54, 1.807) is 11.5 Å². The molecule has 0 radical (unpaired) electrons. The minimum atomic E-state index is -0.0617. The molecule has 0 saturated carbocycles. The molecule has 4 heteroatoms. The van der Waals surface area contributed by atoms with Crippen LogP contribution in [0.5, 0.6) is 0 Å².